The van der Waals surface area contributed by atoms with Gasteiger partial charge in [-0.1, -0.05) is 6.07 Å². The lowest BCUT2D eigenvalue weighted by molar-refractivity contribution is 0.599. The molecular weight excluding hydrogens is 289 g/mol. The molecule has 2 rings (SSSR count). The number of nitrogens with two attached hydrogens (primary N) is 1. The minimum atomic E-state index is -3.50. The van der Waals surface area contributed by atoms with Crippen molar-refractivity contribution in [2.45, 2.75) is 18.4 Å². The minimum Gasteiger partial charge on any atom is -0.376 e. The summed E-state index contributed by atoms with van der Waals surface area (Å²) < 4.78 is 38.1. The van der Waals surface area contributed by atoms with Crippen LogP contribution < -0.4 is 15.8 Å². The molecule has 1 fully saturated rings. The summed E-state index contributed by atoms with van der Waals surface area (Å²) in [7, 11) is -3.50. The molecule has 5 nitrogen and oxygen atoms in total. The van der Waals surface area contributed by atoms with Crippen molar-refractivity contribution in [2.24, 2.45) is 5.73 Å². The molecule has 4 N–H and O–H groups in total. The van der Waals surface area contributed by atoms with Crippen molar-refractivity contribution >= 4 is 33.0 Å². The van der Waals surface area contributed by atoms with Crippen LogP contribution in [-0.4, -0.2) is 19.8 Å². The van der Waals surface area contributed by atoms with E-state index in [9.17, 15) is 12.8 Å². The molecular formula is C11H14FN3O2S2. The number of sulfonamides is 1. The van der Waals surface area contributed by atoms with E-state index in [0.717, 1.165) is 19.1 Å². The van der Waals surface area contributed by atoms with Crippen molar-refractivity contribution < 1.29 is 12.8 Å². The van der Waals surface area contributed by atoms with Crippen molar-refractivity contribution in [3.63, 3.8) is 0 Å². The summed E-state index contributed by atoms with van der Waals surface area (Å²) in [4.78, 5) is 0. The molecule has 8 heteroatoms. The smallest absolute Gasteiger partial charge is 0.229 e. The lowest BCUT2D eigenvalue weighted by Gasteiger charge is -2.18. The third-order valence-corrected chi connectivity index (χ3v) is 3.62. The fraction of sp³-hybridized carbons (Fsp3) is 0.364. The molecule has 0 aliphatic heterocycles. The maximum absolute atomic E-state index is 13.9. The van der Waals surface area contributed by atoms with E-state index in [2.05, 4.69) is 10.0 Å². The molecule has 0 bridgehead atoms. The van der Waals surface area contributed by atoms with Crippen LogP contribution in [0.1, 0.15) is 18.4 Å². The summed E-state index contributed by atoms with van der Waals surface area (Å²) in [6.07, 6.45) is 2.59. The Labute approximate surface area is 116 Å². The number of rotatable bonds is 4. The third kappa shape index (κ3) is 3.32. The predicted octanol–water partition coefficient (Wildman–Crippen LogP) is 1.02. The van der Waals surface area contributed by atoms with Gasteiger partial charge in [-0.2, -0.15) is 0 Å². The highest BCUT2D eigenvalue weighted by atomic mass is 32.2. The zero-order valence-electron chi connectivity index (χ0n) is 10.2. The summed E-state index contributed by atoms with van der Waals surface area (Å²) >= 11 is 4.80. The lowest BCUT2D eigenvalue weighted by atomic mass is 10.0. The molecule has 0 spiro atoms. The van der Waals surface area contributed by atoms with Crippen molar-refractivity contribution in [2.75, 3.05) is 11.0 Å². The predicted molar refractivity (Wildman–Crippen MR) is 75.7 cm³/mol. The fourth-order valence-corrected chi connectivity index (χ4v) is 2.70. The lowest BCUT2D eigenvalue weighted by Crippen LogP contribution is -2.38. The normalized spacial score (nSPS) is 16.7. The first-order valence-corrected chi connectivity index (χ1v) is 7.87. The van der Waals surface area contributed by atoms with Gasteiger partial charge in [0.1, 0.15) is 5.82 Å². The van der Waals surface area contributed by atoms with Crippen LogP contribution >= 0.6 is 12.2 Å². The highest BCUT2D eigenvalue weighted by Crippen LogP contribution is 2.45. The summed E-state index contributed by atoms with van der Waals surface area (Å²) in [5.74, 6) is -0.626. The van der Waals surface area contributed by atoms with Gasteiger partial charge in [0.05, 0.1) is 17.5 Å². The summed E-state index contributed by atoms with van der Waals surface area (Å²) in [5.41, 5.74) is 5.67. The Morgan fingerprint density at radius 3 is 2.53 bits per heavy atom. The molecule has 1 aromatic carbocycles. The fourth-order valence-electron chi connectivity index (χ4n) is 1.94. The molecule has 1 aliphatic carbocycles. The Kier molecular flexibility index (Phi) is 3.40. The average molecular weight is 303 g/mol. The van der Waals surface area contributed by atoms with E-state index in [1.807, 2.05) is 0 Å². The Bertz CT molecular complexity index is 627. The van der Waals surface area contributed by atoms with Crippen LogP contribution in [0.15, 0.2) is 18.2 Å². The second-order valence-corrected chi connectivity index (χ2v) is 6.83. The van der Waals surface area contributed by atoms with E-state index in [1.165, 1.54) is 12.1 Å². The minimum absolute atomic E-state index is 0.0719. The van der Waals surface area contributed by atoms with Gasteiger partial charge >= 0.3 is 0 Å². The van der Waals surface area contributed by atoms with Gasteiger partial charge in [-0.05, 0) is 42.8 Å². The number of hydrogen-bond acceptors (Lipinski definition) is 3. The van der Waals surface area contributed by atoms with Crippen LogP contribution in [-0.2, 0) is 15.6 Å². The molecule has 0 saturated heterocycles. The summed E-state index contributed by atoms with van der Waals surface area (Å²) in [5, 5.41) is 3.11. The molecule has 1 aromatic rings. The first-order valence-electron chi connectivity index (χ1n) is 5.57. The van der Waals surface area contributed by atoms with Gasteiger partial charge in [0.15, 0.2) is 5.11 Å². The number of benzene rings is 1. The Hall–Kier alpha value is -1.41. The van der Waals surface area contributed by atoms with Crippen molar-refractivity contribution in [1.82, 2.24) is 5.32 Å². The highest BCUT2D eigenvalue weighted by Gasteiger charge is 2.45. The second-order valence-electron chi connectivity index (χ2n) is 4.64. The molecule has 0 atom stereocenters. The maximum Gasteiger partial charge on any atom is 0.229 e. The topological polar surface area (TPSA) is 84.2 Å². The van der Waals surface area contributed by atoms with Gasteiger partial charge in [-0.25, -0.2) is 12.8 Å². The number of hydrogen-bond donors (Lipinski definition) is 3. The molecule has 0 unspecified atom stereocenters. The van der Waals surface area contributed by atoms with Gasteiger partial charge in [0, 0.05) is 0 Å². The van der Waals surface area contributed by atoms with E-state index in [4.69, 9.17) is 18.0 Å². The van der Waals surface area contributed by atoms with E-state index >= 15 is 0 Å². The number of thiocarbonyl (C=S) groups is 1. The van der Waals surface area contributed by atoms with Gasteiger partial charge in [0.2, 0.25) is 10.0 Å². The third-order valence-electron chi connectivity index (χ3n) is 2.93. The average Bonchev–Trinajstić information content (AvgIpc) is 2.99. The summed E-state index contributed by atoms with van der Waals surface area (Å²) in [6, 6.07) is 4.35. The largest absolute Gasteiger partial charge is 0.376 e. The van der Waals surface area contributed by atoms with Crippen LogP contribution in [0.5, 0.6) is 0 Å². The molecule has 0 aromatic heterocycles. The van der Waals surface area contributed by atoms with Gasteiger partial charge in [0.25, 0.3) is 0 Å². The number of nitrogens with one attached hydrogen (secondary N) is 2. The molecule has 0 amide bonds. The monoisotopic (exact) mass is 303 g/mol. The maximum atomic E-state index is 13.9. The van der Waals surface area contributed by atoms with Gasteiger partial charge in [-0.3, -0.25) is 4.72 Å². The molecule has 19 heavy (non-hydrogen) atoms. The molecule has 1 aliphatic rings. The summed E-state index contributed by atoms with van der Waals surface area (Å²) in [6.45, 7) is 0. The van der Waals surface area contributed by atoms with Crippen LogP contribution in [0.2, 0.25) is 0 Å². The van der Waals surface area contributed by atoms with Crippen molar-refractivity contribution in [3.8, 4) is 0 Å². The number of halogens is 1. The Morgan fingerprint density at radius 1 is 1.47 bits per heavy atom. The Morgan fingerprint density at radius 2 is 2.11 bits per heavy atom. The molecule has 104 valence electrons. The molecule has 0 heterocycles. The van der Waals surface area contributed by atoms with Gasteiger partial charge in [-0.15, -0.1) is 0 Å². The van der Waals surface area contributed by atoms with Crippen LogP contribution in [0.3, 0.4) is 0 Å². The van der Waals surface area contributed by atoms with Crippen LogP contribution in [0, 0.1) is 5.82 Å². The van der Waals surface area contributed by atoms with Crippen molar-refractivity contribution in [1.29, 1.82) is 0 Å². The second kappa shape index (κ2) is 4.61. The van der Waals surface area contributed by atoms with Crippen LogP contribution in [0.4, 0.5) is 10.1 Å². The molecule has 0 radical (unpaired) electrons. The zero-order chi connectivity index (χ0) is 14.3. The van der Waals surface area contributed by atoms with Crippen LogP contribution in [0.25, 0.3) is 0 Å². The van der Waals surface area contributed by atoms with E-state index in [-0.39, 0.29) is 10.8 Å². The van der Waals surface area contributed by atoms with E-state index in [1.54, 1.807) is 6.07 Å². The standard InChI is InChI=1S/C11H14FN3O2S2/c1-19(16,17)15-9-3-2-7(6-8(9)12)11(4-5-11)14-10(13)18/h2-3,6,15H,4-5H2,1H3,(H3,13,14,18). The first-order chi connectivity index (χ1) is 8.72. The Balaban J connectivity index is 2.27. The van der Waals surface area contributed by atoms with E-state index in [0.29, 0.717) is 5.56 Å². The first kappa shape index (κ1) is 14.0. The zero-order valence-corrected chi connectivity index (χ0v) is 11.9. The van der Waals surface area contributed by atoms with E-state index < -0.39 is 21.4 Å². The SMILES string of the molecule is CS(=O)(=O)Nc1ccc(C2(NC(N)=S)CC2)cc1F. The molecule has 1 saturated carbocycles. The number of anilines is 1. The quantitative estimate of drug-likeness (QED) is 0.723. The highest BCUT2D eigenvalue weighted by molar-refractivity contribution is 7.92. The van der Waals surface area contributed by atoms with Crippen molar-refractivity contribution in [3.05, 3.63) is 29.6 Å². The van der Waals surface area contributed by atoms with Gasteiger partial charge < -0.3 is 11.1 Å².